The van der Waals surface area contributed by atoms with E-state index in [1.807, 2.05) is 6.07 Å². The third-order valence-corrected chi connectivity index (χ3v) is 4.31. The van der Waals surface area contributed by atoms with E-state index in [0.717, 1.165) is 12.1 Å². The van der Waals surface area contributed by atoms with Crippen LogP contribution in [0, 0.1) is 0 Å². The zero-order valence-corrected chi connectivity index (χ0v) is 12.7. The molecule has 2 aliphatic heterocycles. The zero-order valence-electron chi connectivity index (χ0n) is 11.2. The van der Waals surface area contributed by atoms with Crippen LogP contribution in [0.3, 0.4) is 0 Å². The van der Waals surface area contributed by atoms with E-state index in [2.05, 4.69) is 42.4 Å². The van der Waals surface area contributed by atoms with Gasteiger partial charge >= 0.3 is 0 Å². The number of fused-ring (bicyclic) bond motifs is 2. The molecule has 0 spiro atoms. The summed E-state index contributed by atoms with van der Waals surface area (Å²) in [6, 6.07) is 12.5. The van der Waals surface area contributed by atoms with Gasteiger partial charge in [0, 0.05) is 18.3 Å². The molecule has 2 fully saturated rings. The summed E-state index contributed by atoms with van der Waals surface area (Å²) < 4.78 is 0. The lowest BCUT2D eigenvalue weighted by molar-refractivity contribution is -0.001000. The fourth-order valence-electron chi connectivity index (χ4n) is 3.24. The minimum Gasteiger partial charge on any atom is -1.00 e. The van der Waals surface area contributed by atoms with Gasteiger partial charge in [0.05, 0.1) is 6.04 Å². The van der Waals surface area contributed by atoms with Gasteiger partial charge in [0.15, 0.2) is 0 Å². The second-order valence-electron chi connectivity index (χ2n) is 5.36. The molecule has 0 N–H and O–H groups in total. The Morgan fingerprint density at radius 2 is 1.63 bits per heavy atom. The highest BCUT2D eigenvalue weighted by Gasteiger charge is 2.37. The Bertz CT molecular complexity index is 394. The van der Waals surface area contributed by atoms with Crippen LogP contribution >= 0.6 is 0 Å². The number of halogens is 2. The Labute approximate surface area is 128 Å². The highest BCUT2D eigenvalue weighted by atomic mass is 35.5. The molecular formula is C15H20Cl2N2-2. The zero-order chi connectivity index (χ0) is 11.7. The summed E-state index contributed by atoms with van der Waals surface area (Å²) in [5.41, 5.74) is 1.22. The second kappa shape index (κ2) is 7.28. The maximum absolute atomic E-state index is 4.78. The summed E-state index contributed by atoms with van der Waals surface area (Å²) >= 11 is 0. The first-order valence-corrected chi connectivity index (χ1v) is 6.63. The van der Waals surface area contributed by atoms with Gasteiger partial charge in [0.25, 0.3) is 0 Å². The van der Waals surface area contributed by atoms with Gasteiger partial charge in [0.2, 0.25) is 0 Å². The molecule has 0 aromatic heterocycles. The first kappa shape index (κ1) is 16.5. The monoisotopic (exact) mass is 298 g/mol. The van der Waals surface area contributed by atoms with Crippen LogP contribution in [0.1, 0.15) is 31.2 Å². The van der Waals surface area contributed by atoms with E-state index in [4.69, 9.17) is 4.99 Å². The molecule has 3 rings (SSSR count). The first-order valence-electron chi connectivity index (χ1n) is 6.63. The van der Waals surface area contributed by atoms with E-state index in [-0.39, 0.29) is 24.8 Å². The lowest BCUT2D eigenvalue weighted by atomic mass is 9.98. The highest BCUT2D eigenvalue weighted by molar-refractivity contribution is 5.79. The van der Waals surface area contributed by atoms with Gasteiger partial charge in [-0.1, -0.05) is 30.3 Å². The molecule has 2 heterocycles. The maximum atomic E-state index is 4.78. The van der Waals surface area contributed by atoms with Gasteiger partial charge < -0.3 is 29.7 Å². The van der Waals surface area contributed by atoms with Crippen LogP contribution in [0.15, 0.2) is 35.3 Å². The predicted octanol–water partition coefficient (Wildman–Crippen LogP) is -3.26. The number of aliphatic imine (C=N–C) groups is 1. The van der Waals surface area contributed by atoms with Crippen LogP contribution in [-0.2, 0) is 0 Å². The van der Waals surface area contributed by atoms with E-state index >= 15 is 0 Å². The molecule has 2 unspecified atom stereocenters. The Hall–Kier alpha value is -0.570. The Morgan fingerprint density at radius 1 is 1.05 bits per heavy atom. The molecule has 106 valence electrons. The quantitative estimate of drug-likeness (QED) is 0.524. The van der Waals surface area contributed by atoms with Gasteiger partial charge in [-0.15, -0.1) is 0 Å². The van der Waals surface area contributed by atoms with Gasteiger partial charge in [0.1, 0.15) is 0 Å². The standard InChI is InChI=1S/C15H20N2.2ClH/c1-17-14-7-8-15(17)10-13(9-14)16-11-12-5-3-2-4-6-12;;/h2-6,11,13-15H,7-10H2,1H3;2*1H/p-2. The minimum absolute atomic E-state index is 0. The summed E-state index contributed by atoms with van der Waals surface area (Å²) in [6.45, 7) is 0. The number of rotatable bonds is 2. The van der Waals surface area contributed by atoms with E-state index < -0.39 is 0 Å². The lowest BCUT2D eigenvalue weighted by Crippen LogP contribution is -3.00. The van der Waals surface area contributed by atoms with Crippen molar-refractivity contribution in [2.75, 3.05) is 7.05 Å². The summed E-state index contributed by atoms with van der Waals surface area (Å²) in [7, 11) is 2.28. The maximum Gasteiger partial charge on any atom is 0.0529 e. The number of benzene rings is 1. The molecule has 0 saturated carbocycles. The van der Waals surface area contributed by atoms with Crippen LogP contribution in [0.25, 0.3) is 0 Å². The summed E-state index contributed by atoms with van der Waals surface area (Å²) in [6.07, 6.45) is 7.29. The number of hydrogen-bond donors (Lipinski definition) is 0. The molecule has 2 aliphatic rings. The normalized spacial score (nSPS) is 29.8. The van der Waals surface area contributed by atoms with Crippen molar-refractivity contribution in [2.24, 2.45) is 4.99 Å². The molecule has 2 nitrogen and oxygen atoms in total. The molecular weight excluding hydrogens is 279 g/mol. The van der Waals surface area contributed by atoms with Crippen LogP contribution in [-0.4, -0.2) is 36.3 Å². The second-order valence-corrected chi connectivity index (χ2v) is 5.36. The van der Waals surface area contributed by atoms with Crippen molar-refractivity contribution in [2.45, 2.75) is 43.8 Å². The van der Waals surface area contributed by atoms with E-state index in [0.29, 0.717) is 6.04 Å². The molecule has 0 aliphatic carbocycles. The van der Waals surface area contributed by atoms with Gasteiger partial charge in [-0.05, 0) is 38.3 Å². The van der Waals surface area contributed by atoms with Crippen molar-refractivity contribution >= 4 is 6.21 Å². The SMILES string of the molecule is CN1C2CCC1CC(N=Cc1ccccc1)C2.[Cl-].[Cl-]. The average Bonchev–Trinajstić information content (AvgIpc) is 2.61. The Balaban J connectivity index is 0.000000902. The average molecular weight is 299 g/mol. The van der Waals surface area contributed by atoms with Gasteiger partial charge in [-0.25, -0.2) is 0 Å². The van der Waals surface area contributed by atoms with Gasteiger partial charge in [-0.3, -0.25) is 4.99 Å². The van der Waals surface area contributed by atoms with Gasteiger partial charge in [-0.2, -0.15) is 0 Å². The molecule has 0 radical (unpaired) electrons. The Morgan fingerprint density at radius 3 is 2.21 bits per heavy atom. The van der Waals surface area contributed by atoms with Crippen LogP contribution < -0.4 is 24.8 Å². The number of piperidine rings is 1. The van der Waals surface area contributed by atoms with E-state index in [9.17, 15) is 0 Å². The minimum atomic E-state index is 0. The smallest absolute Gasteiger partial charge is 0.0529 e. The molecule has 1 aromatic rings. The topological polar surface area (TPSA) is 15.6 Å². The fourth-order valence-corrected chi connectivity index (χ4v) is 3.24. The Kier molecular flexibility index (Phi) is 6.31. The van der Waals surface area contributed by atoms with E-state index in [1.165, 1.54) is 31.2 Å². The van der Waals surface area contributed by atoms with Crippen molar-refractivity contribution in [3.05, 3.63) is 35.9 Å². The van der Waals surface area contributed by atoms with Crippen LogP contribution in [0.4, 0.5) is 0 Å². The van der Waals surface area contributed by atoms with Crippen LogP contribution in [0.2, 0.25) is 0 Å². The number of hydrogen-bond acceptors (Lipinski definition) is 2. The third kappa shape index (κ3) is 3.71. The predicted molar refractivity (Wildman–Crippen MR) is 71.6 cm³/mol. The van der Waals surface area contributed by atoms with E-state index in [1.54, 1.807) is 0 Å². The van der Waals surface area contributed by atoms with Crippen molar-refractivity contribution in [3.63, 3.8) is 0 Å². The van der Waals surface area contributed by atoms with Crippen molar-refractivity contribution < 1.29 is 24.8 Å². The molecule has 2 bridgehead atoms. The fraction of sp³-hybridized carbons (Fsp3) is 0.533. The molecule has 2 atom stereocenters. The number of nitrogens with zero attached hydrogens (tertiary/aromatic N) is 2. The highest BCUT2D eigenvalue weighted by Crippen LogP contribution is 2.35. The van der Waals surface area contributed by atoms with Crippen LogP contribution in [0.5, 0.6) is 0 Å². The van der Waals surface area contributed by atoms with Crippen molar-refractivity contribution in [3.8, 4) is 0 Å². The summed E-state index contributed by atoms with van der Waals surface area (Å²) in [4.78, 5) is 7.34. The summed E-state index contributed by atoms with van der Waals surface area (Å²) in [5.74, 6) is 0. The molecule has 0 amide bonds. The first-order chi connectivity index (χ1) is 8.33. The lowest BCUT2D eigenvalue weighted by Gasteiger charge is -2.34. The largest absolute Gasteiger partial charge is 1.00 e. The molecule has 2 saturated heterocycles. The molecule has 19 heavy (non-hydrogen) atoms. The molecule has 1 aromatic carbocycles. The molecule has 4 heteroatoms. The van der Waals surface area contributed by atoms with Crippen molar-refractivity contribution in [1.82, 2.24) is 4.90 Å². The third-order valence-electron chi connectivity index (χ3n) is 4.31. The van der Waals surface area contributed by atoms with Crippen molar-refractivity contribution in [1.29, 1.82) is 0 Å². The summed E-state index contributed by atoms with van der Waals surface area (Å²) in [5, 5.41) is 0.